The predicted octanol–water partition coefficient (Wildman–Crippen LogP) is 2.21. The normalized spacial score (nSPS) is 15.2. The van der Waals surface area contributed by atoms with Crippen LogP contribution in [0.1, 0.15) is 6.42 Å². The van der Waals surface area contributed by atoms with Crippen molar-refractivity contribution in [2.24, 2.45) is 0 Å². The van der Waals surface area contributed by atoms with Crippen LogP contribution in [0.25, 0.3) is 0 Å². The lowest BCUT2D eigenvalue weighted by Gasteiger charge is -2.33. The number of para-hydroxylation sites is 1. The van der Waals surface area contributed by atoms with Crippen molar-refractivity contribution in [3.05, 3.63) is 59.4 Å². The van der Waals surface area contributed by atoms with Crippen molar-refractivity contribution in [3.8, 4) is 0 Å². The maximum Gasteiger partial charge on any atom is 0.230 e. The number of carbonyl (C=O) groups excluding carboxylic acids is 1. The SMILES string of the molecule is O=C(CC[NH+]1CCN(c2ccccc2F)CC1)Nc1ccc(Cl)cc1. The van der Waals surface area contributed by atoms with Crippen LogP contribution < -0.4 is 15.1 Å². The Morgan fingerprint density at radius 2 is 1.80 bits per heavy atom. The zero-order valence-electron chi connectivity index (χ0n) is 14.0. The monoisotopic (exact) mass is 362 g/mol. The molecule has 1 heterocycles. The highest BCUT2D eigenvalue weighted by molar-refractivity contribution is 6.30. The van der Waals surface area contributed by atoms with Crippen LogP contribution in [0, 0.1) is 5.82 Å². The van der Waals surface area contributed by atoms with Gasteiger partial charge in [-0.2, -0.15) is 0 Å². The first-order valence-electron chi connectivity index (χ1n) is 8.50. The molecular weight excluding hydrogens is 341 g/mol. The van der Waals surface area contributed by atoms with Gasteiger partial charge in [0.15, 0.2) is 0 Å². The minimum Gasteiger partial charge on any atom is -0.358 e. The van der Waals surface area contributed by atoms with Crippen molar-refractivity contribution in [2.45, 2.75) is 6.42 Å². The van der Waals surface area contributed by atoms with E-state index >= 15 is 0 Å². The van der Waals surface area contributed by atoms with E-state index in [2.05, 4.69) is 10.2 Å². The molecule has 2 aromatic rings. The van der Waals surface area contributed by atoms with Gasteiger partial charge in [-0.1, -0.05) is 23.7 Å². The van der Waals surface area contributed by atoms with Crippen LogP contribution in [0.15, 0.2) is 48.5 Å². The average molecular weight is 363 g/mol. The van der Waals surface area contributed by atoms with E-state index in [1.165, 1.54) is 11.0 Å². The van der Waals surface area contributed by atoms with E-state index in [4.69, 9.17) is 11.6 Å². The molecule has 3 rings (SSSR count). The highest BCUT2D eigenvalue weighted by Gasteiger charge is 2.22. The topological polar surface area (TPSA) is 36.8 Å². The third kappa shape index (κ3) is 4.94. The van der Waals surface area contributed by atoms with E-state index in [0.29, 0.717) is 17.1 Å². The van der Waals surface area contributed by atoms with Crippen LogP contribution in [0.2, 0.25) is 5.02 Å². The van der Waals surface area contributed by atoms with Gasteiger partial charge in [0.1, 0.15) is 5.82 Å². The molecule has 0 atom stereocenters. The molecule has 0 saturated carbocycles. The molecule has 25 heavy (non-hydrogen) atoms. The van der Waals surface area contributed by atoms with Crippen LogP contribution >= 0.6 is 11.6 Å². The quantitative estimate of drug-likeness (QED) is 0.855. The number of hydrogen-bond acceptors (Lipinski definition) is 2. The summed E-state index contributed by atoms with van der Waals surface area (Å²) < 4.78 is 13.8. The summed E-state index contributed by atoms with van der Waals surface area (Å²) in [6.07, 6.45) is 0.470. The molecule has 1 fully saturated rings. The van der Waals surface area contributed by atoms with Crippen molar-refractivity contribution < 1.29 is 14.1 Å². The number of amides is 1. The van der Waals surface area contributed by atoms with Crippen LogP contribution in [0.5, 0.6) is 0 Å². The molecule has 1 aliphatic rings. The first-order valence-corrected chi connectivity index (χ1v) is 8.88. The van der Waals surface area contributed by atoms with Crippen molar-refractivity contribution in [3.63, 3.8) is 0 Å². The molecule has 1 amide bonds. The van der Waals surface area contributed by atoms with Gasteiger partial charge in [-0.25, -0.2) is 4.39 Å². The summed E-state index contributed by atoms with van der Waals surface area (Å²) in [5, 5.41) is 3.53. The Morgan fingerprint density at radius 1 is 1.12 bits per heavy atom. The number of rotatable bonds is 5. The van der Waals surface area contributed by atoms with Gasteiger partial charge in [0, 0.05) is 10.7 Å². The number of piperazine rings is 1. The Bertz CT molecular complexity index is 715. The largest absolute Gasteiger partial charge is 0.358 e. The molecular formula is C19H22ClFN3O+. The number of benzene rings is 2. The number of nitrogens with zero attached hydrogens (tertiary/aromatic N) is 1. The van der Waals surface area contributed by atoms with Crippen molar-refractivity contribution in [1.29, 1.82) is 0 Å². The third-order valence-electron chi connectivity index (χ3n) is 4.50. The Morgan fingerprint density at radius 3 is 2.48 bits per heavy atom. The minimum atomic E-state index is -0.173. The molecule has 0 bridgehead atoms. The van der Waals surface area contributed by atoms with Gasteiger partial charge in [0.25, 0.3) is 0 Å². The van der Waals surface area contributed by atoms with Gasteiger partial charge in [-0.15, -0.1) is 0 Å². The van der Waals surface area contributed by atoms with E-state index in [1.54, 1.807) is 30.3 Å². The molecule has 0 spiro atoms. The van der Waals surface area contributed by atoms with E-state index < -0.39 is 0 Å². The van der Waals surface area contributed by atoms with Crippen LogP contribution in [0.4, 0.5) is 15.8 Å². The zero-order valence-corrected chi connectivity index (χ0v) is 14.7. The van der Waals surface area contributed by atoms with Gasteiger partial charge in [0.05, 0.1) is 44.8 Å². The summed E-state index contributed by atoms with van der Waals surface area (Å²) in [7, 11) is 0. The lowest BCUT2D eigenvalue weighted by atomic mass is 10.2. The van der Waals surface area contributed by atoms with Gasteiger partial charge < -0.3 is 15.1 Å². The van der Waals surface area contributed by atoms with Gasteiger partial charge in [-0.05, 0) is 36.4 Å². The summed E-state index contributed by atoms with van der Waals surface area (Å²) in [5.74, 6) is -0.167. The molecule has 0 aliphatic carbocycles. The summed E-state index contributed by atoms with van der Waals surface area (Å²) in [5.41, 5.74) is 1.43. The lowest BCUT2D eigenvalue weighted by molar-refractivity contribution is -0.900. The van der Waals surface area contributed by atoms with Gasteiger partial charge >= 0.3 is 0 Å². The van der Waals surface area contributed by atoms with Gasteiger partial charge in [0.2, 0.25) is 5.91 Å². The van der Waals surface area contributed by atoms with E-state index in [9.17, 15) is 9.18 Å². The van der Waals surface area contributed by atoms with E-state index in [0.717, 1.165) is 38.4 Å². The number of quaternary nitrogens is 1. The molecule has 2 N–H and O–H groups in total. The molecule has 132 valence electrons. The van der Waals surface area contributed by atoms with Crippen molar-refractivity contribution >= 4 is 28.9 Å². The third-order valence-corrected chi connectivity index (χ3v) is 4.75. The fourth-order valence-electron chi connectivity index (χ4n) is 3.07. The minimum absolute atomic E-state index is 0.00589. The number of carbonyl (C=O) groups is 1. The molecule has 0 aromatic heterocycles. The molecule has 0 radical (unpaired) electrons. The Hall–Kier alpha value is -2.11. The van der Waals surface area contributed by atoms with Crippen LogP contribution in [0.3, 0.4) is 0 Å². The fraction of sp³-hybridized carbons (Fsp3) is 0.316. The first-order chi connectivity index (χ1) is 12.1. The summed E-state index contributed by atoms with van der Waals surface area (Å²) in [6, 6.07) is 14.0. The molecule has 2 aromatic carbocycles. The van der Waals surface area contributed by atoms with Crippen LogP contribution in [-0.2, 0) is 4.79 Å². The fourth-order valence-corrected chi connectivity index (χ4v) is 3.20. The van der Waals surface area contributed by atoms with E-state index in [-0.39, 0.29) is 11.7 Å². The number of nitrogens with one attached hydrogen (secondary N) is 2. The Balaban J connectivity index is 1.42. The maximum absolute atomic E-state index is 13.8. The Labute approximate surface area is 152 Å². The van der Waals surface area contributed by atoms with Crippen molar-refractivity contribution in [2.75, 3.05) is 42.9 Å². The Kier molecular flexibility index (Phi) is 5.89. The highest BCUT2D eigenvalue weighted by Crippen LogP contribution is 2.18. The smallest absolute Gasteiger partial charge is 0.230 e. The van der Waals surface area contributed by atoms with Gasteiger partial charge in [-0.3, -0.25) is 4.79 Å². The summed E-state index contributed by atoms with van der Waals surface area (Å²) >= 11 is 5.83. The first kappa shape index (κ1) is 17.7. The number of anilines is 2. The number of halogens is 2. The predicted molar refractivity (Wildman–Crippen MR) is 98.9 cm³/mol. The average Bonchev–Trinajstić information content (AvgIpc) is 2.63. The second-order valence-electron chi connectivity index (χ2n) is 6.24. The zero-order chi connectivity index (χ0) is 17.6. The van der Waals surface area contributed by atoms with Crippen LogP contribution in [-0.4, -0.2) is 38.6 Å². The number of hydrogen-bond donors (Lipinski definition) is 2. The molecule has 1 saturated heterocycles. The van der Waals surface area contributed by atoms with E-state index in [1.807, 2.05) is 12.1 Å². The second kappa shape index (κ2) is 8.32. The molecule has 6 heteroatoms. The standard InChI is InChI=1S/C19H21ClFN3O/c20-15-5-7-16(8-6-15)22-19(25)9-10-23-11-13-24(14-12-23)18-4-2-1-3-17(18)21/h1-8H,9-14H2,(H,22,25)/p+1. The highest BCUT2D eigenvalue weighted by atomic mass is 35.5. The molecule has 4 nitrogen and oxygen atoms in total. The maximum atomic E-state index is 13.8. The second-order valence-corrected chi connectivity index (χ2v) is 6.68. The summed E-state index contributed by atoms with van der Waals surface area (Å²) in [4.78, 5) is 15.5. The molecule has 0 unspecified atom stereocenters. The lowest BCUT2D eigenvalue weighted by Crippen LogP contribution is -3.15. The molecule has 1 aliphatic heterocycles. The van der Waals surface area contributed by atoms with Crippen molar-refractivity contribution in [1.82, 2.24) is 0 Å². The summed E-state index contributed by atoms with van der Waals surface area (Å²) in [6.45, 7) is 4.19.